The van der Waals surface area contributed by atoms with E-state index < -0.39 is 5.60 Å². The van der Waals surface area contributed by atoms with Gasteiger partial charge in [0.05, 0.1) is 17.7 Å². The predicted molar refractivity (Wildman–Crippen MR) is 65.4 cm³/mol. The van der Waals surface area contributed by atoms with Crippen molar-refractivity contribution in [2.75, 3.05) is 7.11 Å². The quantitative estimate of drug-likeness (QED) is 0.880. The summed E-state index contributed by atoms with van der Waals surface area (Å²) in [5.41, 5.74) is 2.84. The summed E-state index contributed by atoms with van der Waals surface area (Å²) in [5, 5.41) is 10.6. The molecule has 0 atom stereocenters. The molecule has 2 nitrogen and oxygen atoms in total. The van der Waals surface area contributed by atoms with Gasteiger partial charge in [0.15, 0.2) is 0 Å². The lowest BCUT2D eigenvalue weighted by Crippen LogP contribution is -2.13. The molecule has 1 aliphatic rings. The predicted octanol–water partition coefficient (Wildman–Crippen LogP) is 3.03. The fourth-order valence-corrected chi connectivity index (χ4v) is 2.35. The van der Waals surface area contributed by atoms with Gasteiger partial charge in [0.1, 0.15) is 5.75 Å². The third-order valence-corrected chi connectivity index (χ3v) is 3.70. The Morgan fingerprint density at radius 2 is 2.06 bits per heavy atom. The van der Waals surface area contributed by atoms with Gasteiger partial charge in [-0.3, -0.25) is 0 Å². The Hall–Kier alpha value is -0.730. The average molecular weight is 241 g/mol. The first-order valence-corrected chi connectivity index (χ1v) is 5.89. The van der Waals surface area contributed by atoms with E-state index in [9.17, 15) is 5.11 Å². The van der Waals surface area contributed by atoms with E-state index in [1.165, 1.54) is 5.56 Å². The minimum atomic E-state index is -0.519. The molecule has 0 saturated heterocycles. The summed E-state index contributed by atoms with van der Waals surface area (Å²) in [6.45, 7) is 4.08. The van der Waals surface area contributed by atoms with Gasteiger partial charge in [-0.2, -0.15) is 0 Å². The third kappa shape index (κ3) is 2.04. The number of rotatable bonds is 3. The van der Waals surface area contributed by atoms with Crippen molar-refractivity contribution < 1.29 is 9.84 Å². The lowest BCUT2D eigenvalue weighted by molar-refractivity contribution is 0.149. The van der Waals surface area contributed by atoms with E-state index in [4.69, 9.17) is 16.3 Å². The van der Waals surface area contributed by atoms with Gasteiger partial charge in [0, 0.05) is 12.0 Å². The van der Waals surface area contributed by atoms with Crippen LogP contribution >= 0.6 is 11.6 Å². The summed E-state index contributed by atoms with van der Waals surface area (Å²) in [5.74, 6) is 0.713. The van der Waals surface area contributed by atoms with Crippen LogP contribution in [0.2, 0.25) is 5.02 Å². The summed E-state index contributed by atoms with van der Waals surface area (Å²) in [6, 6.07) is 1.91. The number of hydrogen-bond acceptors (Lipinski definition) is 2. The van der Waals surface area contributed by atoms with Crippen molar-refractivity contribution in [1.29, 1.82) is 0 Å². The van der Waals surface area contributed by atoms with Crippen LogP contribution in [0, 0.1) is 13.8 Å². The van der Waals surface area contributed by atoms with Gasteiger partial charge in [-0.25, -0.2) is 0 Å². The monoisotopic (exact) mass is 240 g/mol. The summed E-state index contributed by atoms with van der Waals surface area (Å²) >= 11 is 6.15. The number of halogens is 1. The topological polar surface area (TPSA) is 29.5 Å². The van der Waals surface area contributed by atoms with Crippen molar-refractivity contribution in [3.63, 3.8) is 0 Å². The Balaban J connectivity index is 2.47. The molecule has 1 N–H and O–H groups in total. The first kappa shape index (κ1) is 11.7. The molecule has 88 valence electrons. The van der Waals surface area contributed by atoms with Gasteiger partial charge >= 0.3 is 0 Å². The second kappa shape index (κ2) is 3.94. The molecule has 0 radical (unpaired) electrons. The second-order valence-electron chi connectivity index (χ2n) is 4.71. The van der Waals surface area contributed by atoms with Gasteiger partial charge in [-0.05, 0) is 43.9 Å². The van der Waals surface area contributed by atoms with Crippen LogP contribution in [0.5, 0.6) is 5.75 Å². The van der Waals surface area contributed by atoms with E-state index in [2.05, 4.69) is 6.92 Å². The van der Waals surface area contributed by atoms with E-state index in [1.54, 1.807) is 7.11 Å². The minimum Gasteiger partial charge on any atom is -0.495 e. The summed E-state index contributed by atoms with van der Waals surface area (Å²) in [4.78, 5) is 0. The first-order chi connectivity index (χ1) is 7.47. The van der Waals surface area contributed by atoms with E-state index in [-0.39, 0.29) is 0 Å². The highest BCUT2D eigenvalue weighted by Crippen LogP contribution is 2.43. The maximum absolute atomic E-state index is 10.0. The highest BCUT2D eigenvalue weighted by atomic mass is 35.5. The van der Waals surface area contributed by atoms with Crippen molar-refractivity contribution in [1.82, 2.24) is 0 Å². The molecule has 0 aliphatic heterocycles. The van der Waals surface area contributed by atoms with Crippen LogP contribution in [-0.4, -0.2) is 17.8 Å². The third-order valence-electron chi connectivity index (χ3n) is 3.42. The lowest BCUT2D eigenvalue weighted by Gasteiger charge is -2.17. The van der Waals surface area contributed by atoms with Crippen LogP contribution in [0.4, 0.5) is 0 Å². The lowest BCUT2D eigenvalue weighted by atomic mass is 9.96. The molecule has 0 spiro atoms. The van der Waals surface area contributed by atoms with Crippen molar-refractivity contribution >= 4 is 11.6 Å². The molecule has 0 amide bonds. The van der Waals surface area contributed by atoms with Gasteiger partial charge in [-0.15, -0.1) is 0 Å². The van der Waals surface area contributed by atoms with Gasteiger partial charge in [0.25, 0.3) is 0 Å². The fourth-order valence-electron chi connectivity index (χ4n) is 2.00. The molecular formula is C13H17ClO2. The molecular weight excluding hydrogens is 224 g/mol. The van der Waals surface area contributed by atoms with Crippen LogP contribution in [0.1, 0.15) is 29.5 Å². The molecule has 1 saturated carbocycles. The SMILES string of the molecule is COc1c(Cl)cc(C)c(C)c1CC1(O)CC1. The van der Waals surface area contributed by atoms with E-state index in [1.807, 2.05) is 13.0 Å². The van der Waals surface area contributed by atoms with Gasteiger partial charge in [-0.1, -0.05) is 11.6 Å². The number of aliphatic hydroxyl groups is 1. The number of aryl methyl sites for hydroxylation is 1. The maximum Gasteiger partial charge on any atom is 0.141 e. The molecule has 3 heteroatoms. The van der Waals surface area contributed by atoms with Crippen LogP contribution < -0.4 is 4.74 Å². The molecule has 0 unspecified atom stereocenters. The van der Waals surface area contributed by atoms with E-state index >= 15 is 0 Å². The number of ether oxygens (including phenoxy) is 1. The zero-order valence-electron chi connectivity index (χ0n) is 9.93. The number of methoxy groups -OCH3 is 1. The van der Waals surface area contributed by atoms with Crippen LogP contribution in [0.25, 0.3) is 0 Å². The minimum absolute atomic E-state index is 0.519. The Bertz CT molecular complexity index is 422. The standard InChI is InChI=1S/C13H17ClO2/c1-8-6-11(14)12(16-3)10(9(8)2)7-13(15)4-5-13/h6,15H,4-5,7H2,1-3H3. The van der Waals surface area contributed by atoms with Crippen LogP contribution in [0.15, 0.2) is 6.07 Å². The van der Waals surface area contributed by atoms with E-state index in [0.29, 0.717) is 17.2 Å². The molecule has 0 aromatic heterocycles. The van der Waals surface area contributed by atoms with Crippen LogP contribution in [-0.2, 0) is 6.42 Å². The smallest absolute Gasteiger partial charge is 0.141 e. The molecule has 0 bridgehead atoms. The Morgan fingerprint density at radius 3 is 2.56 bits per heavy atom. The normalized spacial score (nSPS) is 17.3. The molecule has 1 fully saturated rings. The summed E-state index contributed by atoms with van der Waals surface area (Å²) in [7, 11) is 1.62. The van der Waals surface area contributed by atoms with Crippen LogP contribution in [0.3, 0.4) is 0 Å². The first-order valence-electron chi connectivity index (χ1n) is 5.52. The zero-order chi connectivity index (χ0) is 11.9. The zero-order valence-corrected chi connectivity index (χ0v) is 10.7. The Labute approximate surface area is 101 Å². The summed E-state index contributed by atoms with van der Waals surface area (Å²) < 4.78 is 5.34. The highest BCUT2D eigenvalue weighted by molar-refractivity contribution is 6.32. The van der Waals surface area contributed by atoms with Crippen molar-refractivity contribution in [3.8, 4) is 5.75 Å². The van der Waals surface area contributed by atoms with Gasteiger partial charge in [0.2, 0.25) is 0 Å². The maximum atomic E-state index is 10.0. The Kier molecular flexibility index (Phi) is 2.89. The summed E-state index contributed by atoms with van der Waals surface area (Å²) in [6.07, 6.45) is 2.39. The molecule has 1 aromatic rings. The van der Waals surface area contributed by atoms with Crippen molar-refractivity contribution in [2.24, 2.45) is 0 Å². The van der Waals surface area contributed by atoms with Gasteiger partial charge < -0.3 is 9.84 Å². The molecule has 2 rings (SSSR count). The second-order valence-corrected chi connectivity index (χ2v) is 5.12. The molecule has 1 aromatic carbocycles. The molecule has 16 heavy (non-hydrogen) atoms. The Morgan fingerprint density at radius 1 is 1.44 bits per heavy atom. The fraction of sp³-hybridized carbons (Fsp3) is 0.538. The number of hydrogen-bond donors (Lipinski definition) is 1. The van der Waals surface area contributed by atoms with Crippen molar-refractivity contribution in [3.05, 3.63) is 27.8 Å². The molecule has 1 aliphatic carbocycles. The average Bonchev–Trinajstić information content (AvgIpc) is 2.93. The highest BCUT2D eigenvalue weighted by Gasteiger charge is 2.41. The van der Waals surface area contributed by atoms with Crippen molar-refractivity contribution in [2.45, 2.75) is 38.7 Å². The molecule has 0 heterocycles. The number of benzene rings is 1. The largest absolute Gasteiger partial charge is 0.495 e. The van der Waals surface area contributed by atoms with E-state index in [0.717, 1.165) is 24.0 Å².